The predicted molar refractivity (Wildman–Crippen MR) is 92.5 cm³/mol. The van der Waals surface area contributed by atoms with E-state index < -0.39 is 0 Å². The number of benzene rings is 1. The van der Waals surface area contributed by atoms with Crippen molar-refractivity contribution in [2.75, 3.05) is 0 Å². The summed E-state index contributed by atoms with van der Waals surface area (Å²) in [6.45, 7) is 11.7. The van der Waals surface area contributed by atoms with Crippen molar-refractivity contribution in [1.82, 2.24) is 5.32 Å². The first-order valence-corrected chi connectivity index (χ1v) is 8.75. The van der Waals surface area contributed by atoms with Crippen LogP contribution < -0.4 is 5.32 Å². The molecule has 1 heteroatoms. The monoisotopic (exact) mass is 287 g/mol. The maximum atomic E-state index is 3.85. The zero-order valence-corrected chi connectivity index (χ0v) is 14.6. The summed E-state index contributed by atoms with van der Waals surface area (Å²) in [4.78, 5) is 0. The Labute approximate surface area is 131 Å². The summed E-state index contributed by atoms with van der Waals surface area (Å²) in [6, 6.07) is 10.1. The molecule has 0 bridgehead atoms. The number of hydrogen-bond donors (Lipinski definition) is 1. The molecule has 2 rings (SSSR count). The third-order valence-electron chi connectivity index (χ3n) is 5.77. The topological polar surface area (TPSA) is 12.0 Å². The third kappa shape index (κ3) is 4.32. The van der Waals surface area contributed by atoms with Gasteiger partial charge in [0.25, 0.3) is 0 Å². The van der Waals surface area contributed by atoms with E-state index in [9.17, 15) is 0 Å². The predicted octanol–water partition coefficient (Wildman–Crippen LogP) is 5.64. The molecular weight excluding hydrogens is 254 g/mol. The van der Waals surface area contributed by atoms with Crippen LogP contribution in [-0.2, 0) is 0 Å². The summed E-state index contributed by atoms with van der Waals surface area (Å²) in [5, 5.41) is 3.85. The first-order valence-electron chi connectivity index (χ1n) is 8.75. The van der Waals surface area contributed by atoms with E-state index in [2.05, 4.69) is 64.2 Å². The Bertz CT molecular complexity index is 441. The van der Waals surface area contributed by atoms with Gasteiger partial charge in [0.05, 0.1) is 0 Å². The first kappa shape index (κ1) is 16.5. The molecular formula is C20H33N. The van der Waals surface area contributed by atoms with E-state index >= 15 is 0 Å². The minimum atomic E-state index is 0.464. The maximum absolute atomic E-state index is 3.85. The molecule has 0 aliphatic heterocycles. The summed E-state index contributed by atoms with van der Waals surface area (Å²) in [7, 11) is 0. The highest BCUT2D eigenvalue weighted by molar-refractivity contribution is 5.24. The van der Waals surface area contributed by atoms with Gasteiger partial charge in [0.2, 0.25) is 0 Å². The molecule has 118 valence electrons. The summed E-state index contributed by atoms with van der Waals surface area (Å²) in [5.41, 5.74) is 3.30. The highest BCUT2D eigenvalue weighted by Gasteiger charge is 2.32. The van der Waals surface area contributed by atoms with Gasteiger partial charge >= 0.3 is 0 Å². The second-order valence-corrected chi connectivity index (χ2v) is 7.69. The molecule has 0 amide bonds. The maximum Gasteiger partial charge on any atom is 0.0294 e. The van der Waals surface area contributed by atoms with Crippen LogP contribution in [0.3, 0.4) is 0 Å². The normalized spacial score (nSPS) is 24.8. The van der Waals surface area contributed by atoms with E-state index in [1.165, 1.54) is 43.2 Å². The van der Waals surface area contributed by atoms with Gasteiger partial charge in [0.1, 0.15) is 0 Å². The van der Waals surface area contributed by atoms with Crippen molar-refractivity contribution in [1.29, 1.82) is 0 Å². The summed E-state index contributed by atoms with van der Waals surface area (Å²) < 4.78 is 0. The van der Waals surface area contributed by atoms with E-state index in [0.29, 0.717) is 17.5 Å². The molecule has 1 nitrogen and oxygen atoms in total. The van der Waals surface area contributed by atoms with E-state index in [1.54, 1.807) is 0 Å². The quantitative estimate of drug-likeness (QED) is 0.739. The molecule has 0 aromatic heterocycles. The Balaban J connectivity index is 1.86. The van der Waals surface area contributed by atoms with Crippen molar-refractivity contribution in [3.05, 3.63) is 35.4 Å². The van der Waals surface area contributed by atoms with Crippen molar-refractivity contribution in [3.63, 3.8) is 0 Å². The van der Waals surface area contributed by atoms with Crippen molar-refractivity contribution in [3.8, 4) is 0 Å². The molecule has 0 spiro atoms. The van der Waals surface area contributed by atoms with Gasteiger partial charge in [0, 0.05) is 12.1 Å². The summed E-state index contributed by atoms with van der Waals surface area (Å²) in [6.07, 6.45) is 6.75. The highest BCUT2D eigenvalue weighted by Crippen LogP contribution is 2.40. The zero-order valence-electron chi connectivity index (χ0n) is 14.6. The SMILES string of the molecule is CCC(C)(C)C1CCC(N[C@@H](C)c2cccc(C)c2)CC1. The van der Waals surface area contributed by atoms with Crippen LogP contribution in [0.1, 0.15) is 77.0 Å². The standard InChI is InChI=1S/C20H33N/c1-6-20(4,5)18-10-12-19(13-11-18)21-16(3)17-9-7-8-15(2)14-17/h7-9,14,16,18-19,21H,6,10-13H2,1-5H3/t16-,18?,19?/m0/s1. The van der Waals surface area contributed by atoms with Crippen LogP contribution in [-0.4, -0.2) is 6.04 Å². The van der Waals surface area contributed by atoms with Gasteiger partial charge in [0.15, 0.2) is 0 Å². The number of nitrogens with one attached hydrogen (secondary N) is 1. The average Bonchev–Trinajstić information content (AvgIpc) is 2.48. The Morgan fingerprint density at radius 2 is 1.86 bits per heavy atom. The van der Waals surface area contributed by atoms with Gasteiger partial charge in [-0.05, 0) is 56.4 Å². The van der Waals surface area contributed by atoms with E-state index in [-0.39, 0.29) is 0 Å². The number of rotatable bonds is 5. The molecule has 0 radical (unpaired) electrons. The van der Waals surface area contributed by atoms with Gasteiger partial charge in [-0.25, -0.2) is 0 Å². The number of aryl methyl sites for hydroxylation is 1. The van der Waals surface area contributed by atoms with Crippen molar-refractivity contribution in [2.45, 2.75) is 78.8 Å². The second-order valence-electron chi connectivity index (χ2n) is 7.69. The van der Waals surface area contributed by atoms with Crippen molar-refractivity contribution in [2.24, 2.45) is 11.3 Å². The van der Waals surface area contributed by atoms with Crippen LogP contribution in [0.4, 0.5) is 0 Å². The largest absolute Gasteiger partial charge is 0.307 e. The van der Waals surface area contributed by atoms with E-state index in [1.807, 2.05) is 0 Å². The molecule has 21 heavy (non-hydrogen) atoms. The van der Waals surface area contributed by atoms with Gasteiger partial charge in [-0.15, -0.1) is 0 Å². The van der Waals surface area contributed by atoms with Gasteiger partial charge in [-0.2, -0.15) is 0 Å². The first-order chi connectivity index (χ1) is 9.92. The fourth-order valence-electron chi connectivity index (χ4n) is 3.72. The fraction of sp³-hybridized carbons (Fsp3) is 0.700. The van der Waals surface area contributed by atoms with Crippen molar-refractivity contribution >= 4 is 0 Å². The summed E-state index contributed by atoms with van der Waals surface area (Å²) >= 11 is 0. The molecule has 1 aromatic rings. The lowest BCUT2D eigenvalue weighted by molar-refractivity contribution is 0.134. The van der Waals surface area contributed by atoms with Crippen LogP contribution in [0.15, 0.2) is 24.3 Å². The molecule has 1 fully saturated rings. The Morgan fingerprint density at radius 1 is 1.19 bits per heavy atom. The van der Waals surface area contributed by atoms with Crippen LogP contribution in [0.5, 0.6) is 0 Å². The fourth-order valence-corrected chi connectivity index (χ4v) is 3.72. The lowest BCUT2D eigenvalue weighted by atomic mass is 9.69. The molecule has 1 N–H and O–H groups in total. The van der Waals surface area contributed by atoms with Gasteiger partial charge in [-0.3, -0.25) is 0 Å². The number of hydrogen-bond acceptors (Lipinski definition) is 1. The lowest BCUT2D eigenvalue weighted by Crippen LogP contribution is -2.38. The molecule has 1 saturated carbocycles. The van der Waals surface area contributed by atoms with Gasteiger partial charge in [-0.1, -0.05) is 57.0 Å². The summed E-state index contributed by atoms with van der Waals surface area (Å²) in [5.74, 6) is 0.912. The molecule has 1 atom stereocenters. The van der Waals surface area contributed by atoms with Crippen LogP contribution >= 0.6 is 0 Å². The Morgan fingerprint density at radius 3 is 2.43 bits per heavy atom. The minimum absolute atomic E-state index is 0.464. The van der Waals surface area contributed by atoms with Crippen LogP contribution in [0.25, 0.3) is 0 Å². The minimum Gasteiger partial charge on any atom is -0.307 e. The van der Waals surface area contributed by atoms with Crippen LogP contribution in [0.2, 0.25) is 0 Å². The molecule has 0 saturated heterocycles. The Kier molecular flexibility index (Phi) is 5.48. The van der Waals surface area contributed by atoms with E-state index in [4.69, 9.17) is 0 Å². The molecule has 0 unspecified atom stereocenters. The van der Waals surface area contributed by atoms with Crippen molar-refractivity contribution < 1.29 is 0 Å². The molecule has 1 aromatic carbocycles. The van der Waals surface area contributed by atoms with Crippen LogP contribution in [0, 0.1) is 18.3 Å². The van der Waals surface area contributed by atoms with E-state index in [0.717, 1.165) is 5.92 Å². The molecule has 1 aliphatic rings. The highest BCUT2D eigenvalue weighted by atomic mass is 14.9. The molecule has 1 aliphatic carbocycles. The zero-order chi connectivity index (χ0) is 15.5. The smallest absolute Gasteiger partial charge is 0.0294 e. The average molecular weight is 287 g/mol. The lowest BCUT2D eigenvalue weighted by Gasteiger charge is -2.39. The third-order valence-corrected chi connectivity index (χ3v) is 5.77. The van der Waals surface area contributed by atoms with Gasteiger partial charge < -0.3 is 5.32 Å². The second kappa shape index (κ2) is 6.96. The Hall–Kier alpha value is -0.820. The molecule has 0 heterocycles.